The molecule has 0 N–H and O–H groups in total. The van der Waals surface area contributed by atoms with Crippen molar-refractivity contribution in [3.8, 4) is 24.7 Å². The second-order valence-electron chi connectivity index (χ2n) is 8.16. The summed E-state index contributed by atoms with van der Waals surface area (Å²) >= 11 is 0. The number of terminal acetylenes is 2. The molecule has 178 valence electrons. The largest absolute Gasteiger partial charge is 0.462 e. The van der Waals surface area contributed by atoms with Crippen LogP contribution in [0, 0.1) is 24.7 Å². The molecule has 0 spiro atoms. The molecule has 0 saturated heterocycles. The second kappa shape index (κ2) is 8.63. The van der Waals surface area contributed by atoms with E-state index in [1.807, 2.05) is 0 Å². The lowest BCUT2D eigenvalue weighted by Crippen LogP contribution is -2.32. The van der Waals surface area contributed by atoms with Gasteiger partial charge in [0.05, 0.1) is 45.8 Å². The van der Waals surface area contributed by atoms with Crippen molar-refractivity contribution in [3.05, 3.63) is 93.5 Å². The van der Waals surface area contributed by atoms with E-state index in [1.165, 1.54) is 54.6 Å². The molecule has 2 aliphatic rings. The van der Waals surface area contributed by atoms with Crippen LogP contribution < -0.4 is 9.80 Å². The monoisotopic (exact) mass is 488 g/mol. The fourth-order valence-corrected chi connectivity index (χ4v) is 4.32. The van der Waals surface area contributed by atoms with Gasteiger partial charge in [-0.05, 0) is 61.5 Å². The fourth-order valence-electron chi connectivity index (χ4n) is 4.32. The molecule has 0 aromatic heterocycles. The van der Waals surface area contributed by atoms with Gasteiger partial charge in [-0.25, -0.2) is 14.6 Å². The summed E-state index contributed by atoms with van der Waals surface area (Å²) in [6.45, 7) is 1.67. The number of esters is 1. The van der Waals surface area contributed by atoms with Crippen LogP contribution in [0.15, 0.2) is 54.6 Å². The van der Waals surface area contributed by atoms with Gasteiger partial charge in [0.2, 0.25) is 0 Å². The van der Waals surface area contributed by atoms with Gasteiger partial charge in [-0.3, -0.25) is 19.2 Å². The first-order chi connectivity index (χ1) is 17.8. The van der Waals surface area contributed by atoms with E-state index in [2.05, 4.69) is 11.8 Å². The molecule has 37 heavy (non-hydrogen) atoms. The smallest absolute Gasteiger partial charge is 0.338 e. The van der Waals surface area contributed by atoms with Gasteiger partial charge in [0, 0.05) is 11.1 Å². The van der Waals surface area contributed by atoms with E-state index in [-0.39, 0.29) is 45.8 Å². The standard InChI is InChI=1S/C29H16N2O6/c1-4-16-7-9-21-23(11-16)27(34)30(25(21)32)19-13-18(29(36)37-6-3)14-20(15-19)31-26(33)22-10-8-17(5-2)12-24(22)28(31)35/h1-2,7-15H,6H2,3H3. The number of hydrogen-bond donors (Lipinski definition) is 0. The van der Waals surface area contributed by atoms with Crippen molar-refractivity contribution in [1.82, 2.24) is 0 Å². The van der Waals surface area contributed by atoms with Gasteiger partial charge in [-0.15, -0.1) is 12.8 Å². The summed E-state index contributed by atoms with van der Waals surface area (Å²) in [5.41, 5.74) is 1.21. The molecule has 8 heteroatoms. The van der Waals surface area contributed by atoms with Crippen LogP contribution in [0.1, 0.15) is 69.8 Å². The summed E-state index contributed by atoms with van der Waals surface area (Å²) in [6, 6.07) is 12.7. The van der Waals surface area contributed by atoms with E-state index in [0.717, 1.165) is 9.80 Å². The van der Waals surface area contributed by atoms with Crippen LogP contribution in [-0.4, -0.2) is 36.2 Å². The van der Waals surface area contributed by atoms with Gasteiger partial charge in [-0.1, -0.05) is 11.8 Å². The summed E-state index contributed by atoms with van der Waals surface area (Å²) in [5.74, 6) is 1.47. The summed E-state index contributed by atoms with van der Waals surface area (Å²) < 4.78 is 5.09. The van der Waals surface area contributed by atoms with Crippen LogP contribution in [0.5, 0.6) is 0 Å². The van der Waals surface area contributed by atoms with Crippen molar-refractivity contribution in [2.24, 2.45) is 0 Å². The Balaban J connectivity index is 1.64. The highest BCUT2D eigenvalue weighted by molar-refractivity contribution is 6.36. The molecular formula is C29H16N2O6. The average molecular weight is 488 g/mol. The zero-order chi connectivity index (χ0) is 26.4. The number of anilines is 2. The number of ether oxygens (including phenoxy) is 1. The SMILES string of the molecule is C#Cc1ccc2c(c1)C(=O)N(c1cc(C(=O)OCC)cc(N3C(=O)c4ccc(C#C)cc4C3=O)c1)C2=O. The first kappa shape index (κ1) is 23.3. The third kappa shape index (κ3) is 3.56. The quantitative estimate of drug-likeness (QED) is 0.317. The Morgan fingerprint density at radius 1 is 0.703 bits per heavy atom. The predicted molar refractivity (Wildman–Crippen MR) is 133 cm³/mol. The molecule has 8 nitrogen and oxygen atoms in total. The number of nitrogens with zero attached hydrogens (tertiary/aromatic N) is 2. The number of amides is 4. The first-order valence-corrected chi connectivity index (χ1v) is 11.1. The molecule has 3 aromatic carbocycles. The van der Waals surface area contributed by atoms with E-state index >= 15 is 0 Å². The Kier molecular flexibility index (Phi) is 5.43. The molecule has 2 heterocycles. The normalized spacial score (nSPS) is 13.8. The highest BCUT2D eigenvalue weighted by atomic mass is 16.5. The van der Waals surface area contributed by atoms with Crippen molar-refractivity contribution in [2.75, 3.05) is 16.4 Å². The second-order valence-corrected chi connectivity index (χ2v) is 8.16. The van der Waals surface area contributed by atoms with Gasteiger partial charge >= 0.3 is 5.97 Å². The minimum absolute atomic E-state index is 0.0186. The molecule has 5 rings (SSSR count). The lowest BCUT2D eigenvalue weighted by molar-refractivity contribution is 0.0525. The van der Waals surface area contributed by atoms with Gasteiger partial charge < -0.3 is 4.74 Å². The predicted octanol–water partition coefficient (Wildman–Crippen LogP) is 3.43. The van der Waals surface area contributed by atoms with Crippen LogP contribution in [0.25, 0.3) is 0 Å². The number of benzene rings is 3. The minimum Gasteiger partial charge on any atom is -0.462 e. The summed E-state index contributed by atoms with van der Waals surface area (Å²) in [4.78, 5) is 67.3. The highest BCUT2D eigenvalue weighted by Crippen LogP contribution is 2.36. The molecule has 0 aliphatic carbocycles. The van der Waals surface area contributed by atoms with Crippen molar-refractivity contribution in [3.63, 3.8) is 0 Å². The zero-order valence-electron chi connectivity index (χ0n) is 19.4. The summed E-state index contributed by atoms with van der Waals surface area (Å²) in [6.07, 6.45) is 10.9. The molecular weight excluding hydrogens is 472 g/mol. The molecule has 4 amide bonds. The van der Waals surface area contributed by atoms with Gasteiger partial charge in [0.25, 0.3) is 23.6 Å². The molecule has 0 unspecified atom stereocenters. The maximum absolute atomic E-state index is 13.2. The molecule has 0 fully saturated rings. The maximum atomic E-state index is 13.2. The van der Waals surface area contributed by atoms with Crippen molar-refractivity contribution in [2.45, 2.75) is 6.92 Å². The minimum atomic E-state index is -0.761. The topological polar surface area (TPSA) is 101 Å². The lowest BCUT2D eigenvalue weighted by atomic mass is 10.1. The molecule has 0 radical (unpaired) electrons. The fraction of sp³-hybridized carbons (Fsp3) is 0.0690. The third-order valence-corrected chi connectivity index (χ3v) is 6.04. The summed E-state index contributed by atoms with van der Waals surface area (Å²) in [5, 5.41) is 0. The molecule has 2 aliphatic heterocycles. The number of imide groups is 2. The van der Waals surface area contributed by atoms with Crippen LogP contribution in [0.4, 0.5) is 11.4 Å². The van der Waals surface area contributed by atoms with Crippen LogP contribution in [0.2, 0.25) is 0 Å². The van der Waals surface area contributed by atoms with E-state index < -0.39 is 29.6 Å². The summed E-state index contributed by atoms with van der Waals surface area (Å²) in [7, 11) is 0. The number of rotatable bonds is 4. The van der Waals surface area contributed by atoms with Crippen molar-refractivity contribution >= 4 is 41.0 Å². The van der Waals surface area contributed by atoms with E-state index in [1.54, 1.807) is 6.92 Å². The number of carbonyl (C=O) groups is 5. The van der Waals surface area contributed by atoms with Gasteiger partial charge in [-0.2, -0.15) is 0 Å². The van der Waals surface area contributed by atoms with Crippen LogP contribution in [0.3, 0.4) is 0 Å². The average Bonchev–Trinajstić information content (AvgIpc) is 3.31. The highest BCUT2D eigenvalue weighted by Gasteiger charge is 2.40. The van der Waals surface area contributed by atoms with E-state index in [4.69, 9.17) is 17.6 Å². The Morgan fingerprint density at radius 3 is 1.54 bits per heavy atom. The van der Waals surface area contributed by atoms with Crippen LogP contribution in [-0.2, 0) is 4.74 Å². The number of fused-ring (bicyclic) bond motifs is 2. The zero-order valence-corrected chi connectivity index (χ0v) is 19.4. The van der Waals surface area contributed by atoms with E-state index in [0.29, 0.717) is 11.1 Å². The Morgan fingerprint density at radius 2 is 1.14 bits per heavy atom. The Labute approximate surface area is 211 Å². The lowest BCUT2D eigenvalue weighted by Gasteiger charge is -2.20. The Bertz CT molecular complexity index is 1560. The molecule has 0 atom stereocenters. The number of hydrogen-bond acceptors (Lipinski definition) is 6. The van der Waals surface area contributed by atoms with Crippen LogP contribution >= 0.6 is 0 Å². The van der Waals surface area contributed by atoms with Crippen molar-refractivity contribution in [1.29, 1.82) is 0 Å². The van der Waals surface area contributed by atoms with E-state index in [9.17, 15) is 24.0 Å². The molecule has 3 aromatic rings. The third-order valence-electron chi connectivity index (χ3n) is 6.04. The van der Waals surface area contributed by atoms with Crippen molar-refractivity contribution < 1.29 is 28.7 Å². The van der Waals surface area contributed by atoms with Gasteiger partial charge in [0.15, 0.2) is 0 Å². The molecule has 0 saturated carbocycles. The maximum Gasteiger partial charge on any atom is 0.338 e. The van der Waals surface area contributed by atoms with Gasteiger partial charge in [0.1, 0.15) is 0 Å². The first-order valence-electron chi connectivity index (χ1n) is 11.1. The Hall–Kier alpha value is -5.47. The number of carbonyl (C=O) groups excluding carboxylic acids is 5. The molecule has 0 bridgehead atoms.